The number of nitrogens with zero attached hydrogens (tertiary/aromatic N) is 5. The maximum atomic E-state index is 12.8. The van der Waals surface area contributed by atoms with E-state index in [2.05, 4.69) is 10.1 Å². The Hall–Kier alpha value is -2.04. The normalized spacial score (nSPS) is 20.5. The molecule has 26 heavy (non-hydrogen) atoms. The van der Waals surface area contributed by atoms with Crippen molar-refractivity contribution in [2.75, 3.05) is 39.3 Å². The van der Waals surface area contributed by atoms with Gasteiger partial charge in [0.1, 0.15) is 0 Å². The standard InChI is InChI=1S/C16H21N5O4S/c22-16(14-13-5-3-6-17-15(13)18-25-14)19-7-4-10-21(12-11-19)26(23,24)20-8-1-2-9-20/h3,5-6H,1-2,4,7-12H2. The zero-order valence-electron chi connectivity index (χ0n) is 14.4. The molecule has 4 heterocycles. The van der Waals surface area contributed by atoms with Crippen LogP contribution in [0.2, 0.25) is 0 Å². The third kappa shape index (κ3) is 3.08. The fourth-order valence-electron chi connectivity index (χ4n) is 3.49. The molecular weight excluding hydrogens is 358 g/mol. The Bertz CT molecular complexity index is 906. The van der Waals surface area contributed by atoms with Crippen molar-refractivity contribution in [3.8, 4) is 0 Å². The molecule has 0 N–H and O–H groups in total. The number of hydrogen-bond acceptors (Lipinski definition) is 6. The highest BCUT2D eigenvalue weighted by Gasteiger charge is 2.34. The van der Waals surface area contributed by atoms with E-state index >= 15 is 0 Å². The van der Waals surface area contributed by atoms with E-state index in [9.17, 15) is 13.2 Å². The molecule has 0 spiro atoms. The van der Waals surface area contributed by atoms with Gasteiger partial charge in [-0.25, -0.2) is 4.98 Å². The van der Waals surface area contributed by atoms with Crippen LogP contribution < -0.4 is 0 Å². The first-order valence-electron chi connectivity index (χ1n) is 8.82. The molecule has 0 bridgehead atoms. The zero-order chi connectivity index (χ0) is 18.1. The number of carbonyl (C=O) groups excluding carboxylic acids is 1. The van der Waals surface area contributed by atoms with Gasteiger partial charge < -0.3 is 9.42 Å². The molecule has 0 aliphatic carbocycles. The Labute approximate surface area is 151 Å². The molecule has 0 unspecified atom stereocenters. The van der Waals surface area contributed by atoms with E-state index in [-0.39, 0.29) is 18.2 Å². The van der Waals surface area contributed by atoms with Crippen LogP contribution in [-0.4, -0.2) is 77.2 Å². The summed E-state index contributed by atoms with van der Waals surface area (Å²) in [6.45, 7) is 2.68. The topological polar surface area (TPSA) is 99.9 Å². The van der Waals surface area contributed by atoms with Crippen LogP contribution in [0.25, 0.3) is 11.0 Å². The summed E-state index contributed by atoms with van der Waals surface area (Å²) in [5.74, 6) is -0.120. The summed E-state index contributed by atoms with van der Waals surface area (Å²) < 4.78 is 33.7. The van der Waals surface area contributed by atoms with Crippen LogP contribution in [0.1, 0.15) is 29.8 Å². The van der Waals surface area contributed by atoms with Crippen molar-refractivity contribution in [2.24, 2.45) is 0 Å². The van der Waals surface area contributed by atoms with E-state index in [0.29, 0.717) is 50.2 Å². The number of fused-ring (bicyclic) bond motifs is 1. The largest absolute Gasteiger partial charge is 0.348 e. The summed E-state index contributed by atoms with van der Waals surface area (Å²) >= 11 is 0. The van der Waals surface area contributed by atoms with Gasteiger partial charge in [0.05, 0.1) is 5.39 Å². The molecule has 2 saturated heterocycles. The Kier molecular flexibility index (Phi) is 4.63. The summed E-state index contributed by atoms with van der Waals surface area (Å²) in [5, 5.41) is 4.39. The molecule has 4 rings (SSSR count). The van der Waals surface area contributed by atoms with E-state index in [0.717, 1.165) is 12.8 Å². The van der Waals surface area contributed by atoms with Gasteiger partial charge in [0.25, 0.3) is 16.1 Å². The van der Waals surface area contributed by atoms with E-state index in [4.69, 9.17) is 4.52 Å². The molecule has 10 heteroatoms. The number of rotatable bonds is 3. The highest BCUT2D eigenvalue weighted by Crippen LogP contribution is 2.21. The number of pyridine rings is 1. The quantitative estimate of drug-likeness (QED) is 0.779. The molecule has 0 aromatic carbocycles. The van der Waals surface area contributed by atoms with Crippen molar-refractivity contribution < 1.29 is 17.7 Å². The Morgan fingerprint density at radius 3 is 2.54 bits per heavy atom. The van der Waals surface area contributed by atoms with E-state index in [1.807, 2.05) is 0 Å². The van der Waals surface area contributed by atoms with Crippen LogP contribution in [0.4, 0.5) is 0 Å². The molecule has 2 aliphatic heterocycles. The van der Waals surface area contributed by atoms with Gasteiger partial charge in [0, 0.05) is 45.5 Å². The average molecular weight is 379 g/mol. The second kappa shape index (κ2) is 6.93. The van der Waals surface area contributed by atoms with Gasteiger partial charge in [0.15, 0.2) is 0 Å². The van der Waals surface area contributed by atoms with Gasteiger partial charge in [-0.1, -0.05) is 5.16 Å². The van der Waals surface area contributed by atoms with Crippen molar-refractivity contribution in [1.29, 1.82) is 0 Å². The number of aromatic nitrogens is 2. The van der Waals surface area contributed by atoms with Crippen molar-refractivity contribution in [1.82, 2.24) is 23.7 Å². The predicted octanol–water partition coefficient (Wildman–Crippen LogP) is 0.711. The molecule has 0 saturated carbocycles. The van der Waals surface area contributed by atoms with Gasteiger partial charge >= 0.3 is 0 Å². The average Bonchev–Trinajstić information content (AvgIpc) is 3.26. The van der Waals surface area contributed by atoms with Gasteiger partial charge in [-0.15, -0.1) is 0 Å². The zero-order valence-corrected chi connectivity index (χ0v) is 15.2. The molecule has 0 atom stereocenters. The lowest BCUT2D eigenvalue weighted by Crippen LogP contribution is -2.44. The second-order valence-electron chi connectivity index (χ2n) is 6.55. The highest BCUT2D eigenvalue weighted by molar-refractivity contribution is 7.86. The van der Waals surface area contributed by atoms with Crippen molar-refractivity contribution in [2.45, 2.75) is 19.3 Å². The molecule has 140 valence electrons. The lowest BCUT2D eigenvalue weighted by atomic mass is 10.2. The molecule has 2 aromatic rings. The monoisotopic (exact) mass is 379 g/mol. The van der Waals surface area contributed by atoms with Gasteiger partial charge in [-0.3, -0.25) is 4.79 Å². The van der Waals surface area contributed by atoms with Gasteiger partial charge in [0.2, 0.25) is 11.4 Å². The third-order valence-electron chi connectivity index (χ3n) is 4.91. The van der Waals surface area contributed by atoms with Crippen molar-refractivity contribution in [3.63, 3.8) is 0 Å². The van der Waals surface area contributed by atoms with E-state index < -0.39 is 10.2 Å². The first-order valence-corrected chi connectivity index (χ1v) is 10.2. The minimum absolute atomic E-state index is 0.156. The van der Waals surface area contributed by atoms with Gasteiger partial charge in [-0.2, -0.15) is 17.0 Å². The van der Waals surface area contributed by atoms with Crippen molar-refractivity contribution >= 4 is 27.1 Å². The number of hydrogen-bond donors (Lipinski definition) is 0. The fraction of sp³-hybridized carbons (Fsp3) is 0.562. The smallest absolute Gasteiger partial charge is 0.293 e. The maximum absolute atomic E-state index is 12.8. The van der Waals surface area contributed by atoms with Crippen LogP contribution in [0.5, 0.6) is 0 Å². The molecule has 2 aromatic heterocycles. The highest BCUT2D eigenvalue weighted by atomic mass is 32.2. The lowest BCUT2D eigenvalue weighted by molar-refractivity contribution is 0.0725. The SMILES string of the molecule is O=C(c1onc2ncccc12)N1CCCN(S(=O)(=O)N2CCCC2)CC1. The van der Waals surface area contributed by atoms with Crippen LogP contribution >= 0.6 is 0 Å². The number of carbonyl (C=O) groups is 1. The summed E-state index contributed by atoms with van der Waals surface area (Å²) in [6.07, 6.45) is 3.99. The minimum Gasteiger partial charge on any atom is -0.348 e. The summed E-state index contributed by atoms with van der Waals surface area (Å²) in [5.41, 5.74) is 0.393. The predicted molar refractivity (Wildman–Crippen MR) is 93.6 cm³/mol. The molecule has 9 nitrogen and oxygen atoms in total. The van der Waals surface area contributed by atoms with Crippen LogP contribution in [-0.2, 0) is 10.2 Å². The second-order valence-corrected chi connectivity index (χ2v) is 8.47. The Balaban J connectivity index is 1.49. The summed E-state index contributed by atoms with van der Waals surface area (Å²) in [7, 11) is -3.44. The molecule has 0 radical (unpaired) electrons. The third-order valence-corrected chi connectivity index (χ3v) is 6.94. The minimum atomic E-state index is -3.44. The molecule has 1 amide bonds. The Morgan fingerprint density at radius 1 is 1.00 bits per heavy atom. The first-order chi connectivity index (χ1) is 12.6. The summed E-state index contributed by atoms with van der Waals surface area (Å²) in [4.78, 5) is 18.5. The molecular formula is C16H21N5O4S. The number of amides is 1. The maximum Gasteiger partial charge on any atom is 0.293 e. The molecule has 2 aliphatic rings. The lowest BCUT2D eigenvalue weighted by Gasteiger charge is -2.26. The fourth-order valence-corrected chi connectivity index (χ4v) is 5.21. The van der Waals surface area contributed by atoms with Crippen molar-refractivity contribution in [3.05, 3.63) is 24.1 Å². The van der Waals surface area contributed by atoms with Crippen LogP contribution in [0, 0.1) is 0 Å². The van der Waals surface area contributed by atoms with E-state index in [1.165, 1.54) is 4.31 Å². The van der Waals surface area contributed by atoms with E-state index in [1.54, 1.807) is 27.5 Å². The summed E-state index contributed by atoms with van der Waals surface area (Å²) in [6, 6.07) is 3.47. The van der Waals surface area contributed by atoms with Gasteiger partial charge in [-0.05, 0) is 31.4 Å². The Morgan fingerprint density at radius 2 is 1.73 bits per heavy atom. The first kappa shape index (κ1) is 17.4. The van der Waals surface area contributed by atoms with Crippen LogP contribution in [0.3, 0.4) is 0 Å². The molecule has 2 fully saturated rings. The van der Waals surface area contributed by atoms with Crippen LogP contribution in [0.15, 0.2) is 22.9 Å².